The van der Waals surface area contributed by atoms with Crippen LogP contribution in [0, 0.1) is 13.8 Å². The fourth-order valence-corrected chi connectivity index (χ4v) is 2.92. The van der Waals surface area contributed by atoms with Crippen molar-refractivity contribution in [1.29, 1.82) is 0 Å². The number of aryl methyl sites for hydroxylation is 2. The van der Waals surface area contributed by atoms with Crippen LogP contribution < -0.4 is 5.32 Å². The van der Waals surface area contributed by atoms with Crippen LogP contribution in [0.25, 0.3) is 0 Å². The molecular weight excluding hydrogens is 306 g/mol. The van der Waals surface area contributed by atoms with E-state index < -0.39 is 0 Å². The van der Waals surface area contributed by atoms with Crippen molar-refractivity contribution in [2.24, 2.45) is 0 Å². The summed E-state index contributed by atoms with van der Waals surface area (Å²) < 4.78 is 5.07. The van der Waals surface area contributed by atoms with Gasteiger partial charge in [-0.15, -0.1) is 0 Å². The van der Waals surface area contributed by atoms with E-state index in [4.69, 9.17) is 4.52 Å². The van der Waals surface area contributed by atoms with Crippen LogP contribution in [0.1, 0.15) is 40.2 Å². The van der Waals surface area contributed by atoms with Crippen LogP contribution in [-0.2, 0) is 11.2 Å². The van der Waals surface area contributed by atoms with E-state index in [1.807, 2.05) is 11.8 Å². The Labute approximate surface area is 140 Å². The molecule has 2 aromatic rings. The second-order valence-electron chi connectivity index (χ2n) is 6.10. The maximum absolute atomic E-state index is 12.3. The molecule has 0 bridgehead atoms. The van der Waals surface area contributed by atoms with Gasteiger partial charge in [-0.3, -0.25) is 9.59 Å². The van der Waals surface area contributed by atoms with Crippen molar-refractivity contribution in [3.8, 4) is 0 Å². The van der Waals surface area contributed by atoms with Gasteiger partial charge in [-0.05, 0) is 51.0 Å². The highest BCUT2D eigenvalue weighted by Crippen LogP contribution is 2.17. The van der Waals surface area contributed by atoms with Crippen LogP contribution in [0.3, 0.4) is 0 Å². The fourth-order valence-electron chi connectivity index (χ4n) is 2.92. The van der Waals surface area contributed by atoms with Gasteiger partial charge in [0, 0.05) is 29.9 Å². The number of anilines is 1. The molecule has 0 unspecified atom stereocenters. The molecule has 2 heterocycles. The molecule has 2 amide bonds. The van der Waals surface area contributed by atoms with E-state index in [1.165, 1.54) is 0 Å². The highest BCUT2D eigenvalue weighted by molar-refractivity contribution is 5.96. The largest absolute Gasteiger partial charge is 0.361 e. The molecule has 3 rings (SSSR count). The first-order valence-corrected chi connectivity index (χ1v) is 8.15. The first-order chi connectivity index (χ1) is 11.5. The molecule has 126 valence electrons. The number of hydrogen-bond donors (Lipinski definition) is 1. The van der Waals surface area contributed by atoms with E-state index in [1.54, 1.807) is 31.2 Å². The lowest BCUT2D eigenvalue weighted by Crippen LogP contribution is -2.27. The van der Waals surface area contributed by atoms with Gasteiger partial charge in [0.2, 0.25) is 5.91 Å². The number of hydrogen-bond acceptors (Lipinski definition) is 4. The van der Waals surface area contributed by atoms with Crippen molar-refractivity contribution in [2.45, 2.75) is 33.1 Å². The SMILES string of the molecule is Cc1noc(C)c1CC(=O)Nc1ccc(C(=O)N2CCCC2)cc1. The lowest BCUT2D eigenvalue weighted by atomic mass is 10.1. The second-order valence-corrected chi connectivity index (χ2v) is 6.10. The fraction of sp³-hybridized carbons (Fsp3) is 0.389. The monoisotopic (exact) mass is 327 g/mol. The third-order valence-corrected chi connectivity index (χ3v) is 4.33. The third-order valence-electron chi connectivity index (χ3n) is 4.33. The number of rotatable bonds is 4. The molecule has 6 nitrogen and oxygen atoms in total. The van der Waals surface area contributed by atoms with E-state index in [-0.39, 0.29) is 18.2 Å². The molecular formula is C18H21N3O3. The topological polar surface area (TPSA) is 75.4 Å². The Balaban J connectivity index is 1.61. The molecule has 1 saturated heterocycles. The van der Waals surface area contributed by atoms with E-state index in [0.29, 0.717) is 17.0 Å². The summed E-state index contributed by atoms with van der Waals surface area (Å²) in [5, 5.41) is 6.68. The molecule has 0 saturated carbocycles. The summed E-state index contributed by atoms with van der Waals surface area (Å²) in [6.45, 7) is 5.27. The molecule has 1 N–H and O–H groups in total. The number of nitrogens with one attached hydrogen (secondary N) is 1. The smallest absolute Gasteiger partial charge is 0.253 e. The van der Waals surface area contributed by atoms with E-state index in [2.05, 4.69) is 10.5 Å². The summed E-state index contributed by atoms with van der Waals surface area (Å²) in [4.78, 5) is 26.3. The Bertz CT molecular complexity index is 724. The maximum atomic E-state index is 12.3. The standard InChI is InChI=1S/C18H21N3O3/c1-12-16(13(2)24-20-12)11-17(22)19-15-7-5-14(6-8-15)18(23)21-9-3-4-10-21/h5-8H,3-4,9-11H2,1-2H3,(H,19,22). The Morgan fingerprint density at radius 2 is 1.83 bits per heavy atom. The van der Waals surface area contributed by atoms with Gasteiger partial charge in [0.05, 0.1) is 12.1 Å². The minimum atomic E-state index is -0.136. The van der Waals surface area contributed by atoms with Crippen molar-refractivity contribution in [3.63, 3.8) is 0 Å². The zero-order valence-electron chi connectivity index (χ0n) is 14.0. The molecule has 1 aromatic heterocycles. The molecule has 0 spiro atoms. The number of amides is 2. The van der Waals surface area contributed by atoms with Crippen molar-refractivity contribution in [3.05, 3.63) is 46.8 Å². The predicted octanol–water partition coefficient (Wildman–Crippen LogP) is 2.71. The Morgan fingerprint density at radius 1 is 1.17 bits per heavy atom. The van der Waals surface area contributed by atoms with E-state index in [9.17, 15) is 9.59 Å². The minimum Gasteiger partial charge on any atom is -0.361 e. The number of likely N-dealkylation sites (tertiary alicyclic amines) is 1. The summed E-state index contributed by atoms with van der Waals surface area (Å²) >= 11 is 0. The molecule has 24 heavy (non-hydrogen) atoms. The average molecular weight is 327 g/mol. The number of carbonyl (C=O) groups is 2. The van der Waals surface area contributed by atoms with Gasteiger partial charge in [0.1, 0.15) is 5.76 Å². The number of nitrogens with zero attached hydrogens (tertiary/aromatic N) is 2. The first-order valence-electron chi connectivity index (χ1n) is 8.15. The van der Waals surface area contributed by atoms with Gasteiger partial charge >= 0.3 is 0 Å². The highest BCUT2D eigenvalue weighted by atomic mass is 16.5. The minimum absolute atomic E-state index is 0.0566. The van der Waals surface area contributed by atoms with Gasteiger partial charge in [-0.2, -0.15) is 0 Å². The lowest BCUT2D eigenvalue weighted by Gasteiger charge is -2.15. The molecule has 0 radical (unpaired) electrons. The van der Waals surface area contributed by atoms with E-state index >= 15 is 0 Å². The third kappa shape index (κ3) is 3.48. The lowest BCUT2D eigenvalue weighted by molar-refractivity contribution is -0.115. The zero-order chi connectivity index (χ0) is 17.1. The highest BCUT2D eigenvalue weighted by Gasteiger charge is 2.19. The van der Waals surface area contributed by atoms with Crippen molar-refractivity contribution < 1.29 is 14.1 Å². The maximum Gasteiger partial charge on any atom is 0.253 e. The van der Waals surface area contributed by atoms with Crippen LogP contribution >= 0.6 is 0 Å². The molecule has 6 heteroatoms. The summed E-state index contributed by atoms with van der Waals surface area (Å²) in [6, 6.07) is 7.03. The zero-order valence-corrected chi connectivity index (χ0v) is 14.0. The van der Waals surface area contributed by atoms with Gasteiger partial charge in [-0.25, -0.2) is 0 Å². The first kappa shape index (κ1) is 16.2. The molecule has 1 aromatic carbocycles. The molecule has 1 fully saturated rings. The average Bonchev–Trinajstić information content (AvgIpc) is 3.21. The van der Waals surface area contributed by atoms with Crippen molar-refractivity contribution in [2.75, 3.05) is 18.4 Å². The van der Waals surface area contributed by atoms with Crippen LogP contribution in [-0.4, -0.2) is 35.0 Å². The summed E-state index contributed by atoms with van der Waals surface area (Å²) in [7, 11) is 0. The van der Waals surface area contributed by atoms with Crippen molar-refractivity contribution >= 4 is 17.5 Å². The Kier molecular flexibility index (Phi) is 4.64. The molecule has 1 aliphatic heterocycles. The summed E-state index contributed by atoms with van der Waals surface area (Å²) in [6.07, 6.45) is 2.36. The number of benzene rings is 1. The quantitative estimate of drug-likeness (QED) is 0.937. The van der Waals surface area contributed by atoms with E-state index in [0.717, 1.165) is 37.2 Å². The van der Waals surface area contributed by atoms with Crippen molar-refractivity contribution in [1.82, 2.24) is 10.1 Å². The normalized spacial score (nSPS) is 14.0. The van der Waals surface area contributed by atoms with Crippen LogP contribution in [0.4, 0.5) is 5.69 Å². The van der Waals surface area contributed by atoms with Gasteiger partial charge in [0.15, 0.2) is 0 Å². The Hall–Kier alpha value is -2.63. The number of carbonyl (C=O) groups excluding carboxylic acids is 2. The Morgan fingerprint density at radius 3 is 2.42 bits per heavy atom. The molecule has 1 aliphatic rings. The van der Waals surface area contributed by atoms with Crippen LogP contribution in [0.15, 0.2) is 28.8 Å². The summed E-state index contributed by atoms with van der Waals surface area (Å²) in [5.41, 5.74) is 2.87. The van der Waals surface area contributed by atoms with Gasteiger partial charge in [0.25, 0.3) is 5.91 Å². The molecule has 0 aliphatic carbocycles. The second kappa shape index (κ2) is 6.86. The van der Waals surface area contributed by atoms with Crippen LogP contribution in [0.5, 0.6) is 0 Å². The molecule has 0 atom stereocenters. The predicted molar refractivity (Wildman–Crippen MR) is 89.9 cm³/mol. The van der Waals surface area contributed by atoms with Gasteiger partial charge in [-0.1, -0.05) is 5.16 Å². The number of aromatic nitrogens is 1. The van der Waals surface area contributed by atoms with Crippen LogP contribution in [0.2, 0.25) is 0 Å². The van der Waals surface area contributed by atoms with Gasteiger partial charge < -0.3 is 14.7 Å². The summed E-state index contributed by atoms with van der Waals surface area (Å²) in [5.74, 6) is 0.582.